The fourth-order valence-corrected chi connectivity index (χ4v) is 2.34. The molecule has 0 aliphatic rings. The summed E-state index contributed by atoms with van der Waals surface area (Å²) >= 11 is 2.68. The molecular formula is C13H19As. The van der Waals surface area contributed by atoms with E-state index in [9.17, 15) is 0 Å². The van der Waals surface area contributed by atoms with Crippen LogP contribution >= 0.6 is 0 Å². The van der Waals surface area contributed by atoms with Crippen molar-refractivity contribution in [3.8, 4) is 0 Å². The van der Waals surface area contributed by atoms with Gasteiger partial charge in [-0.25, -0.2) is 0 Å². The van der Waals surface area contributed by atoms with Crippen LogP contribution in [0.2, 0.25) is 0 Å². The van der Waals surface area contributed by atoms with E-state index in [4.69, 9.17) is 0 Å². The molecule has 1 aromatic carbocycles. The van der Waals surface area contributed by atoms with Crippen LogP contribution < -0.4 is 4.35 Å². The molecule has 0 N–H and O–H groups in total. The number of rotatable bonds is 4. The average molecular weight is 250 g/mol. The molecule has 0 amide bonds. The molecule has 1 rings (SSSR count). The second kappa shape index (κ2) is 5.61. The first-order valence-electron chi connectivity index (χ1n) is 5.51. The Hall–Kier alpha value is -0.222. The van der Waals surface area contributed by atoms with Crippen LogP contribution in [0.5, 0.6) is 0 Å². The Kier molecular flexibility index (Phi) is 4.75. The van der Waals surface area contributed by atoms with Gasteiger partial charge in [-0.15, -0.1) is 0 Å². The van der Waals surface area contributed by atoms with Crippen molar-refractivity contribution < 1.29 is 0 Å². The minimum atomic E-state index is 1.23. The van der Waals surface area contributed by atoms with Gasteiger partial charge in [0.25, 0.3) is 0 Å². The Labute approximate surface area is 96.6 Å². The van der Waals surface area contributed by atoms with E-state index in [-0.39, 0.29) is 0 Å². The van der Waals surface area contributed by atoms with Gasteiger partial charge in [-0.3, -0.25) is 0 Å². The Morgan fingerprint density at radius 2 is 1.71 bits per heavy atom. The van der Waals surface area contributed by atoms with Crippen LogP contribution in [0, 0.1) is 6.92 Å². The van der Waals surface area contributed by atoms with Gasteiger partial charge < -0.3 is 0 Å². The summed E-state index contributed by atoms with van der Waals surface area (Å²) in [4.78, 5) is 0. The molecule has 0 nitrogen and oxygen atoms in total. The third-order valence-electron chi connectivity index (χ3n) is 2.69. The zero-order valence-corrected chi connectivity index (χ0v) is 11.3. The Bertz CT molecular complexity index is 302. The summed E-state index contributed by atoms with van der Waals surface area (Å²) < 4.78 is 1.38. The molecule has 0 aliphatic carbocycles. The summed E-state index contributed by atoms with van der Waals surface area (Å²) in [7, 11) is 0. The summed E-state index contributed by atoms with van der Waals surface area (Å²) in [5.41, 5.74) is 4.63. The fraction of sp³-hybridized carbons (Fsp3) is 0.538. The molecule has 0 atom stereocenters. The molecule has 0 unspecified atom stereocenters. The van der Waals surface area contributed by atoms with E-state index in [0.29, 0.717) is 0 Å². The van der Waals surface area contributed by atoms with Gasteiger partial charge in [0.1, 0.15) is 0 Å². The van der Waals surface area contributed by atoms with E-state index < -0.39 is 0 Å². The third kappa shape index (κ3) is 2.64. The van der Waals surface area contributed by atoms with Crippen molar-refractivity contribution in [2.24, 2.45) is 0 Å². The Balaban J connectivity index is 3.08. The average Bonchev–Trinajstić information content (AvgIpc) is 2.18. The molecule has 0 aliphatic heterocycles. The molecule has 0 saturated heterocycles. The van der Waals surface area contributed by atoms with Crippen LogP contribution in [-0.2, 0) is 12.8 Å². The van der Waals surface area contributed by atoms with Crippen LogP contribution in [-0.4, -0.2) is 16.9 Å². The third-order valence-corrected chi connectivity index (χ3v) is 3.70. The van der Waals surface area contributed by atoms with Gasteiger partial charge in [0.2, 0.25) is 0 Å². The van der Waals surface area contributed by atoms with Crippen LogP contribution in [0.1, 0.15) is 43.4 Å². The van der Waals surface area contributed by atoms with Crippen molar-refractivity contribution >= 4 is 21.2 Å². The van der Waals surface area contributed by atoms with Gasteiger partial charge in [0.05, 0.1) is 0 Å². The summed E-state index contributed by atoms with van der Waals surface area (Å²) in [6.45, 7) is 6.76. The van der Waals surface area contributed by atoms with Crippen molar-refractivity contribution in [2.75, 3.05) is 0 Å². The van der Waals surface area contributed by atoms with Crippen molar-refractivity contribution in [2.45, 2.75) is 46.5 Å². The molecule has 0 bridgehead atoms. The van der Waals surface area contributed by atoms with E-state index in [1.54, 1.807) is 11.1 Å². The van der Waals surface area contributed by atoms with Gasteiger partial charge in [-0.05, 0) is 0 Å². The molecule has 1 aromatic rings. The number of aryl methyl sites for hydroxylation is 1. The summed E-state index contributed by atoms with van der Waals surface area (Å²) in [6.07, 6.45) is 4.94. The summed E-state index contributed by atoms with van der Waals surface area (Å²) in [5.74, 6) is 0. The number of hydrogen-bond donors (Lipinski definition) is 0. The normalized spacial score (nSPS) is 10.6. The molecular weight excluding hydrogens is 231 g/mol. The van der Waals surface area contributed by atoms with Crippen LogP contribution in [0.25, 0.3) is 0 Å². The predicted octanol–water partition coefficient (Wildman–Crippen LogP) is 2.69. The van der Waals surface area contributed by atoms with Gasteiger partial charge in [-0.2, -0.15) is 0 Å². The van der Waals surface area contributed by atoms with E-state index in [1.807, 2.05) is 0 Å². The maximum absolute atomic E-state index is 2.68. The molecule has 0 spiro atoms. The number of benzene rings is 1. The first-order valence-corrected chi connectivity index (χ1v) is 6.44. The molecule has 0 saturated carbocycles. The fourth-order valence-electron chi connectivity index (χ4n) is 1.90. The van der Waals surface area contributed by atoms with E-state index in [2.05, 4.69) is 49.8 Å². The van der Waals surface area contributed by atoms with Crippen molar-refractivity contribution in [1.82, 2.24) is 0 Å². The summed E-state index contributed by atoms with van der Waals surface area (Å²) in [5, 5.41) is 0. The molecule has 14 heavy (non-hydrogen) atoms. The van der Waals surface area contributed by atoms with Crippen molar-refractivity contribution in [3.63, 3.8) is 0 Å². The van der Waals surface area contributed by atoms with Crippen LogP contribution in [0.3, 0.4) is 0 Å². The van der Waals surface area contributed by atoms with E-state index in [1.165, 1.54) is 35.6 Å². The second-order valence-corrected chi connectivity index (χ2v) is 4.86. The SMILES string of the molecule is CCCc1ccc([As])c(C)c1CCC. The topological polar surface area (TPSA) is 0 Å². The minimum absolute atomic E-state index is 1.23. The standard InChI is InChI=1S/C13H19As/c1-4-6-11-8-9-13(14)10(3)12(11)7-5-2/h8-9H,4-7H2,1-3H3. The zero-order valence-electron chi connectivity index (χ0n) is 9.43. The quantitative estimate of drug-likeness (QED) is 0.721. The van der Waals surface area contributed by atoms with Crippen LogP contribution in [0.15, 0.2) is 12.1 Å². The Morgan fingerprint density at radius 1 is 1.07 bits per heavy atom. The molecule has 1 heteroatoms. The second-order valence-electron chi connectivity index (χ2n) is 3.85. The first kappa shape index (κ1) is 11.9. The zero-order chi connectivity index (χ0) is 10.6. The number of hydrogen-bond acceptors (Lipinski definition) is 0. The molecule has 76 valence electrons. The predicted molar refractivity (Wildman–Crippen MR) is 64.6 cm³/mol. The Morgan fingerprint density at radius 3 is 2.29 bits per heavy atom. The van der Waals surface area contributed by atoms with Crippen molar-refractivity contribution in [1.29, 1.82) is 0 Å². The van der Waals surface area contributed by atoms with Gasteiger partial charge in [-0.1, -0.05) is 0 Å². The molecule has 0 aromatic heterocycles. The van der Waals surface area contributed by atoms with Gasteiger partial charge in [0.15, 0.2) is 0 Å². The first-order chi connectivity index (χ1) is 6.70. The molecule has 0 fully saturated rings. The maximum atomic E-state index is 2.68. The van der Waals surface area contributed by atoms with E-state index >= 15 is 0 Å². The van der Waals surface area contributed by atoms with E-state index in [0.717, 1.165) is 0 Å². The van der Waals surface area contributed by atoms with Gasteiger partial charge in [0, 0.05) is 0 Å². The van der Waals surface area contributed by atoms with Gasteiger partial charge >= 0.3 is 96.5 Å². The molecule has 0 heterocycles. The monoisotopic (exact) mass is 250 g/mol. The molecule has 2 radical (unpaired) electrons. The summed E-state index contributed by atoms with van der Waals surface area (Å²) in [6, 6.07) is 4.54. The van der Waals surface area contributed by atoms with Crippen molar-refractivity contribution in [3.05, 3.63) is 28.8 Å². The van der Waals surface area contributed by atoms with Crippen LogP contribution in [0.4, 0.5) is 0 Å².